The van der Waals surface area contributed by atoms with Crippen molar-refractivity contribution in [2.24, 2.45) is 5.92 Å². The van der Waals surface area contributed by atoms with Gasteiger partial charge in [0.1, 0.15) is 5.75 Å². The lowest BCUT2D eigenvalue weighted by atomic mass is 10.1. The average Bonchev–Trinajstić information content (AvgIpc) is 3.04. The molecule has 1 aliphatic rings. The number of anilines is 2. The van der Waals surface area contributed by atoms with Crippen molar-refractivity contribution in [3.05, 3.63) is 53.6 Å². The molecule has 1 unspecified atom stereocenters. The molecular formula is C21H24N2O3. The Morgan fingerprint density at radius 2 is 1.96 bits per heavy atom. The first kappa shape index (κ1) is 18.0. The summed E-state index contributed by atoms with van der Waals surface area (Å²) in [5.41, 5.74) is 3.73. The summed E-state index contributed by atoms with van der Waals surface area (Å²) in [6.07, 6.45) is 1.17. The van der Waals surface area contributed by atoms with E-state index in [2.05, 4.69) is 12.2 Å². The molecule has 0 saturated carbocycles. The number of amides is 2. The van der Waals surface area contributed by atoms with Gasteiger partial charge in [-0.05, 0) is 48.7 Å². The van der Waals surface area contributed by atoms with Crippen molar-refractivity contribution in [1.82, 2.24) is 0 Å². The first-order valence-corrected chi connectivity index (χ1v) is 8.86. The molecule has 0 aliphatic carbocycles. The topological polar surface area (TPSA) is 58.6 Å². The Bertz CT molecular complexity index is 815. The van der Waals surface area contributed by atoms with E-state index in [1.807, 2.05) is 49.4 Å². The molecule has 0 spiro atoms. The number of hydrogen-bond acceptors (Lipinski definition) is 3. The number of carbonyl (C=O) groups excluding carboxylic acids is 2. The van der Waals surface area contributed by atoms with Crippen LogP contribution in [-0.4, -0.2) is 25.5 Å². The standard InChI is InChI=1S/C21H24N2O3/c1-4-15-6-8-17(9-7-15)23-13-16(12-20(23)24)21(25)22-18-11-14(2)5-10-19(18)26-3/h5-11,16H,4,12-13H2,1-3H3,(H,22,25). The number of nitrogens with one attached hydrogen (secondary N) is 1. The fourth-order valence-corrected chi connectivity index (χ4v) is 3.20. The zero-order valence-corrected chi connectivity index (χ0v) is 15.4. The third kappa shape index (κ3) is 3.72. The molecule has 1 N–H and O–H groups in total. The highest BCUT2D eigenvalue weighted by atomic mass is 16.5. The van der Waals surface area contributed by atoms with Gasteiger partial charge in [0.25, 0.3) is 0 Å². The lowest BCUT2D eigenvalue weighted by Gasteiger charge is -2.17. The highest BCUT2D eigenvalue weighted by Gasteiger charge is 2.35. The zero-order valence-electron chi connectivity index (χ0n) is 15.4. The largest absolute Gasteiger partial charge is 0.495 e. The molecule has 5 nitrogen and oxygen atoms in total. The maximum atomic E-state index is 12.7. The first-order valence-electron chi connectivity index (χ1n) is 8.86. The molecule has 1 aliphatic heterocycles. The van der Waals surface area contributed by atoms with E-state index in [9.17, 15) is 9.59 Å². The minimum Gasteiger partial charge on any atom is -0.495 e. The van der Waals surface area contributed by atoms with Gasteiger partial charge in [-0.1, -0.05) is 25.1 Å². The molecule has 26 heavy (non-hydrogen) atoms. The SMILES string of the molecule is CCc1ccc(N2CC(C(=O)Nc3cc(C)ccc3OC)CC2=O)cc1. The van der Waals surface area contributed by atoms with Crippen molar-refractivity contribution in [3.8, 4) is 5.75 Å². The van der Waals surface area contributed by atoms with Crippen LogP contribution in [0.5, 0.6) is 5.75 Å². The monoisotopic (exact) mass is 352 g/mol. The summed E-state index contributed by atoms with van der Waals surface area (Å²) in [5.74, 6) is 0.0550. The number of ether oxygens (including phenoxy) is 1. The lowest BCUT2D eigenvalue weighted by molar-refractivity contribution is -0.122. The summed E-state index contributed by atoms with van der Waals surface area (Å²) in [7, 11) is 1.57. The van der Waals surface area contributed by atoms with E-state index in [1.165, 1.54) is 5.56 Å². The maximum Gasteiger partial charge on any atom is 0.229 e. The molecule has 5 heteroatoms. The number of hydrogen-bond donors (Lipinski definition) is 1. The number of rotatable bonds is 5. The molecule has 2 aromatic carbocycles. The lowest BCUT2D eigenvalue weighted by Crippen LogP contribution is -2.28. The van der Waals surface area contributed by atoms with E-state index < -0.39 is 0 Å². The summed E-state index contributed by atoms with van der Waals surface area (Å²) in [6.45, 7) is 4.44. The highest BCUT2D eigenvalue weighted by molar-refractivity contribution is 6.03. The summed E-state index contributed by atoms with van der Waals surface area (Å²) in [4.78, 5) is 26.8. The van der Waals surface area contributed by atoms with E-state index in [1.54, 1.807) is 12.0 Å². The van der Waals surface area contributed by atoms with Gasteiger partial charge in [0.2, 0.25) is 11.8 Å². The maximum absolute atomic E-state index is 12.7. The quantitative estimate of drug-likeness (QED) is 0.895. The molecule has 136 valence electrons. The van der Waals surface area contributed by atoms with Crippen molar-refractivity contribution in [2.75, 3.05) is 23.9 Å². The Balaban J connectivity index is 1.71. The van der Waals surface area contributed by atoms with Crippen molar-refractivity contribution < 1.29 is 14.3 Å². The molecule has 1 fully saturated rings. The number of nitrogens with zero attached hydrogens (tertiary/aromatic N) is 1. The van der Waals surface area contributed by atoms with Crippen LogP contribution in [-0.2, 0) is 16.0 Å². The van der Waals surface area contributed by atoms with Crippen LogP contribution in [0.1, 0.15) is 24.5 Å². The summed E-state index contributed by atoms with van der Waals surface area (Å²) < 4.78 is 5.31. The van der Waals surface area contributed by atoms with Crippen molar-refractivity contribution in [1.29, 1.82) is 0 Å². The van der Waals surface area contributed by atoms with Gasteiger partial charge < -0.3 is 15.0 Å². The average molecular weight is 352 g/mol. The molecular weight excluding hydrogens is 328 g/mol. The molecule has 2 aromatic rings. The minimum absolute atomic E-state index is 0.0226. The van der Waals surface area contributed by atoms with E-state index in [0.29, 0.717) is 18.0 Å². The molecule has 1 heterocycles. The third-order valence-corrected chi connectivity index (χ3v) is 4.76. The molecule has 0 radical (unpaired) electrons. The van der Waals surface area contributed by atoms with E-state index in [4.69, 9.17) is 4.74 Å². The number of carbonyl (C=O) groups is 2. The van der Waals surface area contributed by atoms with Crippen LogP contribution in [0.2, 0.25) is 0 Å². The van der Waals surface area contributed by atoms with Gasteiger partial charge >= 0.3 is 0 Å². The second kappa shape index (κ2) is 7.60. The number of methoxy groups -OCH3 is 1. The molecule has 0 bridgehead atoms. The predicted octanol–water partition coefficient (Wildman–Crippen LogP) is 3.56. The van der Waals surface area contributed by atoms with Gasteiger partial charge in [0.15, 0.2) is 0 Å². The van der Waals surface area contributed by atoms with Crippen LogP contribution >= 0.6 is 0 Å². The Labute approximate surface area is 154 Å². The molecule has 0 aromatic heterocycles. The van der Waals surface area contributed by atoms with Gasteiger partial charge in [-0.3, -0.25) is 9.59 Å². The van der Waals surface area contributed by atoms with Crippen LogP contribution < -0.4 is 15.0 Å². The first-order chi connectivity index (χ1) is 12.5. The van der Waals surface area contributed by atoms with Crippen LogP contribution in [0, 0.1) is 12.8 Å². The van der Waals surface area contributed by atoms with Gasteiger partial charge in [-0.25, -0.2) is 0 Å². The van der Waals surface area contributed by atoms with Crippen molar-refractivity contribution >= 4 is 23.2 Å². The van der Waals surface area contributed by atoms with Crippen molar-refractivity contribution in [2.45, 2.75) is 26.7 Å². The summed E-state index contributed by atoms with van der Waals surface area (Å²) in [6, 6.07) is 13.6. The highest BCUT2D eigenvalue weighted by Crippen LogP contribution is 2.29. The zero-order chi connectivity index (χ0) is 18.7. The van der Waals surface area contributed by atoms with Crippen LogP contribution in [0.15, 0.2) is 42.5 Å². The second-order valence-electron chi connectivity index (χ2n) is 6.62. The van der Waals surface area contributed by atoms with Crippen molar-refractivity contribution in [3.63, 3.8) is 0 Å². The van der Waals surface area contributed by atoms with Gasteiger partial charge in [0, 0.05) is 18.7 Å². The Kier molecular flexibility index (Phi) is 5.26. The fraction of sp³-hybridized carbons (Fsp3) is 0.333. The van der Waals surface area contributed by atoms with E-state index in [0.717, 1.165) is 17.7 Å². The van der Waals surface area contributed by atoms with Crippen LogP contribution in [0.4, 0.5) is 11.4 Å². The van der Waals surface area contributed by atoms with E-state index in [-0.39, 0.29) is 24.2 Å². The third-order valence-electron chi connectivity index (χ3n) is 4.76. The van der Waals surface area contributed by atoms with Gasteiger partial charge in [-0.15, -0.1) is 0 Å². The van der Waals surface area contributed by atoms with Gasteiger partial charge in [-0.2, -0.15) is 0 Å². The Morgan fingerprint density at radius 1 is 1.23 bits per heavy atom. The Hall–Kier alpha value is -2.82. The molecule has 3 rings (SSSR count). The molecule has 1 atom stereocenters. The smallest absolute Gasteiger partial charge is 0.229 e. The molecule has 1 saturated heterocycles. The predicted molar refractivity (Wildman–Crippen MR) is 103 cm³/mol. The van der Waals surface area contributed by atoms with Crippen LogP contribution in [0.25, 0.3) is 0 Å². The van der Waals surface area contributed by atoms with Crippen LogP contribution in [0.3, 0.4) is 0 Å². The minimum atomic E-state index is -0.376. The number of benzene rings is 2. The Morgan fingerprint density at radius 3 is 2.62 bits per heavy atom. The summed E-state index contributed by atoms with van der Waals surface area (Å²) in [5, 5.41) is 2.91. The second-order valence-corrected chi connectivity index (χ2v) is 6.62. The normalized spacial score (nSPS) is 16.7. The summed E-state index contributed by atoms with van der Waals surface area (Å²) >= 11 is 0. The fourth-order valence-electron chi connectivity index (χ4n) is 3.20. The van der Waals surface area contributed by atoms with E-state index >= 15 is 0 Å². The van der Waals surface area contributed by atoms with Gasteiger partial charge in [0.05, 0.1) is 18.7 Å². The number of aryl methyl sites for hydroxylation is 2. The molecule has 2 amide bonds.